The van der Waals surface area contributed by atoms with Crippen LogP contribution < -0.4 is 10.6 Å². The van der Waals surface area contributed by atoms with Crippen molar-refractivity contribution in [3.8, 4) is 0 Å². The molecule has 0 amide bonds. The Morgan fingerprint density at radius 2 is 2.12 bits per heavy atom. The summed E-state index contributed by atoms with van der Waals surface area (Å²) in [5.41, 5.74) is 1.68. The van der Waals surface area contributed by atoms with E-state index >= 15 is 0 Å². The summed E-state index contributed by atoms with van der Waals surface area (Å²) < 4.78 is 15.0. The van der Waals surface area contributed by atoms with E-state index in [1.807, 2.05) is 12.3 Å². The zero-order valence-electron chi connectivity index (χ0n) is 14.8. The molecule has 0 bridgehead atoms. The Hall–Kier alpha value is -1.99. The number of nitrogens with one attached hydrogen (secondary N) is 2. The lowest BCUT2D eigenvalue weighted by Crippen LogP contribution is -2.32. The average Bonchev–Trinajstić information content (AvgIpc) is 3.02. The molecule has 5 nitrogen and oxygen atoms in total. The van der Waals surface area contributed by atoms with Crippen LogP contribution in [0, 0.1) is 5.82 Å². The van der Waals surface area contributed by atoms with E-state index in [9.17, 15) is 4.39 Å². The lowest BCUT2D eigenvalue weighted by Gasteiger charge is -2.18. The highest BCUT2D eigenvalue weighted by Gasteiger charge is 2.03. The zero-order chi connectivity index (χ0) is 18.1. The summed E-state index contributed by atoms with van der Waals surface area (Å²) in [7, 11) is 0. The van der Waals surface area contributed by atoms with Gasteiger partial charge in [0.2, 0.25) is 0 Å². The molecule has 2 rings (SSSR count). The van der Waals surface area contributed by atoms with Gasteiger partial charge in [0.05, 0.1) is 18.4 Å². The Bertz CT molecular complexity index is 669. The molecule has 0 radical (unpaired) electrons. The minimum absolute atomic E-state index is 0.238. The van der Waals surface area contributed by atoms with Crippen LogP contribution in [0.25, 0.3) is 0 Å². The Morgan fingerprint density at radius 3 is 2.84 bits per heavy atom. The summed E-state index contributed by atoms with van der Waals surface area (Å²) in [5.74, 6) is -0.238. The fourth-order valence-electron chi connectivity index (χ4n) is 2.56. The molecule has 2 N–H and O–H groups in total. The summed E-state index contributed by atoms with van der Waals surface area (Å²) in [6.07, 6.45) is 4.61. The highest BCUT2D eigenvalue weighted by Crippen LogP contribution is 2.09. The number of thiocarbonyl (C=S) groups is 1. The van der Waals surface area contributed by atoms with Crippen molar-refractivity contribution in [1.29, 1.82) is 0 Å². The molecule has 0 atom stereocenters. The van der Waals surface area contributed by atoms with E-state index in [-0.39, 0.29) is 5.82 Å². The summed E-state index contributed by atoms with van der Waals surface area (Å²) in [6.45, 7) is 8.90. The number of benzene rings is 1. The highest BCUT2D eigenvalue weighted by molar-refractivity contribution is 7.80. The predicted octanol–water partition coefficient (Wildman–Crippen LogP) is 3.09. The maximum atomic E-state index is 13.2. The minimum Gasteiger partial charge on any atom is -0.362 e. The van der Waals surface area contributed by atoms with Crippen molar-refractivity contribution in [2.45, 2.75) is 26.8 Å². The van der Waals surface area contributed by atoms with Gasteiger partial charge in [-0.25, -0.2) is 4.39 Å². The number of hydrogen-bond donors (Lipinski definition) is 2. The lowest BCUT2D eigenvalue weighted by molar-refractivity contribution is 0.300. The molecule has 0 saturated carbocycles. The third-order valence-corrected chi connectivity index (χ3v) is 4.20. The summed E-state index contributed by atoms with van der Waals surface area (Å²) in [5, 5.41) is 11.2. The van der Waals surface area contributed by atoms with Crippen LogP contribution in [0.2, 0.25) is 0 Å². The van der Waals surface area contributed by atoms with Gasteiger partial charge in [-0.2, -0.15) is 5.10 Å². The lowest BCUT2D eigenvalue weighted by atomic mass is 10.2. The van der Waals surface area contributed by atoms with E-state index in [1.54, 1.807) is 16.9 Å². The van der Waals surface area contributed by atoms with Crippen LogP contribution in [0.5, 0.6) is 0 Å². The van der Waals surface area contributed by atoms with Gasteiger partial charge in [0, 0.05) is 12.7 Å². The van der Waals surface area contributed by atoms with E-state index < -0.39 is 0 Å². The second kappa shape index (κ2) is 10.1. The molecule has 0 aliphatic heterocycles. The SMILES string of the molecule is CCN(CC)CCCNC(=S)Nc1cnn(Cc2cccc(F)c2)c1. The van der Waals surface area contributed by atoms with Gasteiger partial charge in [0.15, 0.2) is 5.11 Å². The van der Waals surface area contributed by atoms with Crippen LogP contribution in [-0.2, 0) is 6.54 Å². The first-order valence-corrected chi connectivity index (χ1v) is 9.05. The molecule has 136 valence electrons. The number of rotatable bonds is 9. The van der Waals surface area contributed by atoms with Crippen LogP contribution in [0.1, 0.15) is 25.8 Å². The summed E-state index contributed by atoms with van der Waals surface area (Å²) in [4.78, 5) is 2.38. The molecule has 2 aromatic rings. The number of aromatic nitrogens is 2. The monoisotopic (exact) mass is 363 g/mol. The maximum absolute atomic E-state index is 13.2. The topological polar surface area (TPSA) is 45.1 Å². The van der Waals surface area contributed by atoms with Crippen molar-refractivity contribution in [2.75, 3.05) is 31.5 Å². The molecular weight excluding hydrogens is 337 g/mol. The fraction of sp³-hybridized carbons (Fsp3) is 0.444. The van der Waals surface area contributed by atoms with Gasteiger partial charge in [0.1, 0.15) is 5.82 Å². The molecule has 0 fully saturated rings. The minimum atomic E-state index is -0.238. The molecule has 0 aliphatic carbocycles. The average molecular weight is 364 g/mol. The van der Waals surface area contributed by atoms with E-state index in [4.69, 9.17) is 12.2 Å². The van der Waals surface area contributed by atoms with Gasteiger partial charge in [0.25, 0.3) is 0 Å². The molecule has 7 heteroatoms. The van der Waals surface area contributed by atoms with Crippen molar-refractivity contribution in [3.05, 3.63) is 48.0 Å². The van der Waals surface area contributed by atoms with E-state index in [0.29, 0.717) is 11.7 Å². The number of anilines is 1. The van der Waals surface area contributed by atoms with Crippen molar-refractivity contribution < 1.29 is 4.39 Å². The molecule has 0 saturated heterocycles. The van der Waals surface area contributed by atoms with E-state index in [1.165, 1.54) is 12.1 Å². The van der Waals surface area contributed by atoms with Gasteiger partial charge >= 0.3 is 0 Å². The number of halogens is 1. The zero-order valence-corrected chi connectivity index (χ0v) is 15.7. The summed E-state index contributed by atoms with van der Waals surface area (Å²) in [6, 6.07) is 6.52. The smallest absolute Gasteiger partial charge is 0.170 e. The first-order chi connectivity index (χ1) is 12.1. The fourth-order valence-corrected chi connectivity index (χ4v) is 2.78. The van der Waals surface area contributed by atoms with Crippen LogP contribution in [0.15, 0.2) is 36.7 Å². The standard InChI is InChI=1S/C18H26FN5S/c1-3-23(4-2)10-6-9-20-18(25)22-17-12-21-24(14-17)13-15-7-5-8-16(19)11-15/h5,7-8,11-12,14H,3-4,6,9-10,13H2,1-2H3,(H2,20,22,25). The van der Waals surface area contributed by atoms with Crippen LogP contribution in [0.3, 0.4) is 0 Å². The molecule has 0 spiro atoms. The van der Waals surface area contributed by atoms with Gasteiger partial charge in [-0.15, -0.1) is 0 Å². The first-order valence-electron chi connectivity index (χ1n) is 8.64. The molecule has 0 unspecified atom stereocenters. The largest absolute Gasteiger partial charge is 0.362 e. The van der Waals surface area contributed by atoms with Crippen LogP contribution >= 0.6 is 12.2 Å². The van der Waals surface area contributed by atoms with E-state index in [2.05, 4.69) is 34.5 Å². The van der Waals surface area contributed by atoms with Gasteiger partial charge in [-0.05, 0) is 56.0 Å². The van der Waals surface area contributed by atoms with Gasteiger partial charge in [-0.1, -0.05) is 26.0 Å². The van der Waals surface area contributed by atoms with Crippen molar-refractivity contribution >= 4 is 23.0 Å². The summed E-state index contributed by atoms with van der Waals surface area (Å²) >= 11 is 5.31. The normalized spacial score (nSPS) is 10.9. The Balaban J connectivity index is 1.74. The Labute approximate surface area is 154 Å². The molecule has 1 aromatic carbocycles. The Kier molecular flexibility index (Phi) is 7.81. The number of nitrogens with zero attached hydrogens (tertiary/aromatic N) is 3. The first kappa shape index (κ1) is 19.3. The second-order valence-electron chi connectivity index (χ2n) is 5.82. The number of hydrogen-bond acceptors (Lipinski definition) is 3. The molecule has 1 heterocycles. The molecule has 0 aliphatic rings. The Morgan fingerprint density at radius 1 is 1.32 bits per heavy atom. The molecular formula is C18H26FN5S. The van der Waals surface area contributed by atoms with Crippen molar-refractivity contribution in [2.24, 2.45) is 0 Å². The molecule has 1 aromatic heterocycles. The maximum Gasteiger partial charge on any atom is 0.170 e. The third kappa shape index (κ3) is 6.80. The van der Waals surface area contributed by atoms with E-state index in [0.717, 1.165) is 43.9 Å². The molecule has 25 heavy (non-hydrogen) atoms. The highest BCUT2D eigenvalue weighted by atomic mass is 32.1. The third-order valence-electron chi connectivity index (χ3n) is 3.96. The predicted molar refractivity (Wildman–Crippen MR) is 104 cm³/mol. The van der Waals surface area contributed by atoms with Crippen LogP contribution in [0.4, 0.5) is 10.1 Å². The van der Waals surface area contributed by atoms with Crippen LogP contribution in [-0.4, -0.2) is 46.0 Å². The van der Waals surface area contributed by atoms with Gasteiger partial charge in [-0.3, -0.25) is 4.68 Å². The van der Waals surface area contributed by atoms with Gasteiger partial charge < -0.3 is 15.5 Å². The quantitative estimate of drug-likeness (QED) is 0.529. The van der Waals surface area contributed by atoms with Crippen molar-refractivity contribution in [1.82, 2.24) is 20.0 Å². The van der Waals surface area contributed by atoms with Crippen molar-refractivity contribution in [3.63, 3.8) is 0 Å². The second-order valence-corrected chi connectivity index (χ2v) is 6.23.